The molecule has 3 heteroatoms. The van der Waals surface area contributed by atoms with Gasteiger partial charge in [0.05, 0.1) is 5.56 Å². The van der Waals surface area contributed by atoms with E-state index in [9.17, 15) is 4.79 Å². The van der Waals surface area contributed by atoms with Crippen molar-refractivity contribution in [3.05, 3.63) is 29.3 Å². The van der Waals surface area contributed by atoms with Crippen LogP contribution < -0.4 is 10.1 Å². The SMILES string of the molecule is CC[C@H]1N[C@@]12COc1ccc(C)cc1C2=O. The maximum Gasteiger partial charge on any atom is 0.191 e. The standard InChI is InChI=1S/C13H15NO2/c1-3-11-13(14-11)7-16-10-5-4-8(2)6-9(10)12(13)15/h4-6,11,14H,3,7H2,1-2H3/t11-,13+/m1/s1. The van der Waals surface area contributed by atoms with Gasteiger partial charge in [0, 0.05) is 6.04 Å². The largest absolute Gasteiger partial charge is 0.490 e. The third-order valence-corrected chi connectivity index (χ3v) is 3.59. The van der Waals surface area contributed by atoms with Gasteiger partial charge in [-0.25, -0.2) is 0 Å². The van der Waals surface area contributed by atoms with Crippen LogP contribution in [0, 0.1) is 6.92 Å². The lowest BCUT2D eigenvalue weighted by molar-refractivity contribution is 0.0864. The van der Waals surface area contributed by atoms with E-state index in [0.717, 1.165) is 23.3 Å². The van der Waals surface area contributed by atoms with Crippen molar-refractivity contribution >= 4 is 5.78 Å². The third-order valence-electron chi connectivity index (χ3n) is 3.59. The summed E-state index contributed by atoms with van der Waals surface area (Å²) < 4.78 is 5.68. The molecule has 0 aromatic heterocycles. The lowest BCUT2D eigenvalue weighted by Gasteiger charge is -2.23. The first-order chi connectivity index (χ1) is 7.67. The van der Waals surface area contributed by atoms with E-state index in [2.05, 4.69) is 12.2 Å². The van der Waals surface area contributed by atoms with Crippen molar-refractivity contribution in [1.29, 1.82) is 0 Å². The van der Waals surface area contributed by atoms with Gasteiger partial charge in [0.15, 0.2) is 5.78 Å². The molecule has 2 aliphatic heterocycles. The number of benzene rings is 1. The average Bonchev–Trinajstić information content (AvgIpc) is 3.00. The van der Waals surface area contributed by atoms with Gasteiger partial charge < -0.3 is 4.74 Å². The van der Waals surface area contributed by atoms with Crippen LogP contribution in [0.2, 0.25) is 0 Å². The van der Waals surface area contributed by atoms with E-state index < -0.39 is 5.54 Å². The minimum Gasteiger partial charge on any atom is -0.490 e. The average molecular weight is 217 g/mol. The Bertz CT molecular complexity index is 469. The summed E-state index contributed by atoms with van der Waals surface area (Å²) in [6.07, 6.45) is 0.969. The number of Topliss-reactive ketones (excluding diaryl/α,β-unsaturated/α-hetero) is 1. The van der Waals surface area contributed by atoms with Crippen molar-refractivity contribution in [3.63, 3.8) is 0 Å². The van der Waals surface area contributed by atoms with Crippen LogP contribution in [0.1, 0.15) is 29.3 Å². The molecule has 1 saturated heterocycles. The van der Waals surface area contributed by atoms with Crippen molar-refractivity contribution in [3.8, 4) is 5.75 Å². The molecule has 0 radical (unpaired) electrons. The zero-order chi connectivity index (χ0) is 11.3. The molecule has 0 saturated carbocycles. The molecule has 16 heavy (non-hydrogen) atoms. The second-order valence-electron chi connectivity index (χ2n) is 4.69. The van der Waals surface area contributed by atoms with Gasteiger partial charge >= 0.3 is 0 Å². The predicted octanol–water partition coefficient (Wildman–Crippen LogP) is 1.69. The molecule has 2 aliphatic rings. The molecule has 1 fully saturated rings. The highest BCUT2D eigenvalue weighted by Gasteiger charge is 2.61. The topological polar surface area (TPSA) is 48.2 Å². The summed E-state index contributed by atoms with van der Waals surface area (Å²) in [6, 6.07) is 6.07. The second-order valence-corrected chi connectivity index (χ2v) is 4.69. The van der Waals surface area contributed by atoms with Gasteiger partial charge in [0.2, 0.25) is 0 Å². The summed E-state index contributed by atoms with van der Waals surface area (Å²) in [5, 5.41) is 3.27. The quantitative estimate of drug-likeness (QED) is 0.728. The van der Waals surface area contributed by atoms with E-state index in [1.807, 2.05) is 25.1 Å². The molecule has 0 amide bonds. The molecule has 0 unspecified atom stereocenters. The molecular weight excluding hydrogens is 202 g/mol. The number of ether oxygens (including phenoxy) is 1. The molecule has 1 N–H and O–H groups in total. The van der Waals surface area contributed by atoms with Crippen molar-refractivity contribution in [2.24, 2.45) is 0 Å². The summed E-state index contributed by atoms with van der Waals surface area (Å²) in [5.74, 6) is 0.925. The molecule has 1 aromatic carbocycles. The first-order valence-electron chi connectivity index (χ1n) is 5.73. The van der Waals surface area contributed by atoms with E-state index >= 15 is 0 Å². The molecule has 2 atom stereocenters. The highest BCUT2D eigenvalue weighted by molar-refractivity contribution is 6.09. The second kappa shape index (κ2) is 3.08. The molecular formula is C13H15NO2. The molecule has 1 aromatic rings. The summed E-state index contributed by atoms with van der Waals surface area (Å²) in [6.45, 7) is 4.55. The summed E-state index contributed by atoms with van der Waals surface area (Å²) in [5.41, 5.74) is 1.41. The lowest BCUT2D eigenvalue weighted by atomic mass is 9.90. The van der Waals surface area contributed by atoms with E-state index in [1.54, 1.807) is 0 Å². The Morgan fingerprint density at radius 1 is 1.56 bits per heavy atom. The van der Waals surface area contributed by atoms with Gasteiger partial charge in [-0.15, -0.1) is 0 Å². The highest BCUT2D eigenvalue weighted by atomic mass is 16.5. The molecule has 1 spiro atoms. The van der Waals surface area contributed by atoms with Crippen LogP contribution in [0.15, 0.2) is 18.2 Å². The van der Waals surface area contributed by atoms with Crippen molar-refractivity contribution < 1.29 is 9.53 Å². The normalized spacial score (nSPS) is 31.1. The number of nitrogens with one attached hydrogen (secondary N) is 1. The maximum absolute atomic E-state index is 12.4. The van der Waals surface area contributed by atoms with E-state index in [4.69, 9.17) is 4.74 Å². The Labute approximate surface area is 94.8 Å². The van der Waals surface area contributed by atoms with Crippen molar-refractivity contribution in [2.75, 3.05) is 6.61 Å². The Hall–Kier alpha value is -1.35. The number of aryl methyl sites for hydroxylation is 1. The van der Waals surface area contributed by atoms with Gasteiger partial charge in [-0.05, 0) is 25.5 Å². The smallest absolute Gasteiger partial charge is 0.191 e. The zero-order valence-corrected chi connectivity index (χ0v) is 9.54. The van der Waals surface area contributed by atoms with Crippen molar-refractivity contribution in [1.82, 2.24) is 5.32 Å². The highest BCUT2D eigenvalue weighted by Crippen LogP contribution is 2.39. The number of fused-ring (bicyclic) bond motifs is 1. The lowest BCUT2D eigenvalue weighted by Crippen LogP contribution is -2.40. The fourth-order valence-electron chi connectivity index (χ4n) is 2.53. The molecule has 2 heterocycles. The Morgan fingerprint density at radius 2 is 2.38 bits per heavy atom. The van der Waals surface area contributed by atoms with Crippen LogP contribution in [0.4, 0.5) is 0 Å². The first kappa shape index (κ1) is 9.85. The number of carbonyl (C=O) groups excluding carboxylic acids is 1. The fourth-order valence-corrected chi connectivity index (χ4v) is 2.53. The van der Waals surface area contributed by atoms with E-state index in [1.165, 1.54) is 0 Å². The van der Waals surface area contributed by atoms with E-state index in [0.29, 0.717) is 6.61 Å². The molecule has 0 aliphatic carbocycles. The number of hydrogen-bond donors (Lipinski definition) is 1. The fraction of sp³-hybridized carbons (Fsp3) is 0.462. The van der Waals surface area contributed by atoms with Gasteiger partial charge in [-0.1, -0.05) is 18.6 Å². The number of rotatable bonds is 1. The van der Waals surface area contributed by atoms with Gasteiger partial charge in [-0.2, -0.15) is 0 Å². The Balaban J connectivity index is 2.02. The van der Waals surface area contributed by atoms with Gasteiger partial charge in [0.25, 0.3) is 0 Å². The van der Waals surface area contributed by atoms with Crippen LogP contribution in [-0.4, -0.2) is 24.0 Å². The monoisotopic (exact) mass is 217 g/mol. The van der Waals surface area contributed by atoms with Crippen LogP contribution in [0.25, 0.3) is 0 Å². The van der Waals surface area contributed by atoms with Crippen LogP contribution >= 0.6 is 0 Å². The van der Waals surface area contributed by atoms with Gasteiger partial charge in [-0.3, -0.25) is 10.1 Å². The zero-order valence-electron chi connectivity index (χ0n) is 9.54. The van der Waals surface area contributed by atoms with E-state index in [-0.39, 0.29) is 11.8 Å². The van der Waals surface area contributed by atoms with Crippen LogP contribution in [0.5, 0.6) is 5.75 Å². The minimum atomic E-state index is -0.421. The Kier molecular flexibility index (Phi) is 1.89. The molecule has 3 rings (SSSR count). The van der Waals surface area contributed by atoms with Crippen LogP contribution in [0.3, 0.4) is 0 Å². The van der Waals surface area contributed by atoms with Crippen molar-refractivity contribution in [2.45, 2.75) is 31.8 Å². The summed E-state index contributed by atoms with van der Waals surface area (Å²) in [4.78, 5) is 12.4. The molecule has 0 bridgehead atoms. The Morgan fingerprint density at radius 3 is 3.06 bits per heavy atom. The van der Waals surface area contributed by atoms with Crippen LogP contribution in [-0.2, 0) is 0 Å². The summed E-state index contributed by atoms with van der Waals surface area (Å²) in [7, 11) is 0. The maximum atomic E-state index is 12.4. The predicted molar refractivity (Wildman–Crippen MR) is 61.0 cm³/mol. The number of ketones is 1. The number of hydrogen-bond acceptors (Lipinski definition) is 3. The third kappa shape index (κ3) is 1.15. The number of carbonyl (C=O) groups is 1. The minimum absolute atomic E-state index is 0.198. The molecule has 3 nitrogen and oxygen atoms in total. The first-order valence-corrected chi connectivity index (χ1v) is 5.73. The van der Waals surface area contributed by atoms with Gasteiger partial charge in [0.1, 0.15) is 17.9 Å². The molecule has 84 valence electrons. The summed E-state index contributed by atoms with van der Waals surface area (Å²) >= 11 is 0.